The molecule has 0 saturated heterocycles. The summed E-state index contributed by atoms with van der Waals surface area (Å²) < 4.78 is 14.3. The van der Waals surface area contributed by atoms with E-state index in [2.05, 4.69) is 0 Å². The Kier molecular flexibility index (Phi) is 4.21. The maximum Gasteiger partial charge on any atom is 0.261 e. The van der Waals surface area contributed by atoms with Crippen molar-refractivity contribution in [3.8, 4) is 0 Å². The van der Waals surface area contributed by atoms with E-state index in [9.17, 15) is 14.0 Å². The number of hydrogen-bond donors (Lipinski definition) is 0. The summed E-state index contributed by atoms with van der Waals surface area (Å²) in [5, 5.41) is 0. The van der Waals surface area contributed by atoms with Crippen molar-refractivity contribution in [3.05, 3.63) is 35.4 Å². The number of hydrogen-bond acceptors (Lipinski definition) is 2. The quantitative estimate of drug-likeness (QED) is 0.745. The van der Waals surface area contributed by atoms with E-state index in [0.717, 1.165) is 17.7 Å². The number of amides is 2. The predicted octanol–water partition coefficient (Wildman–Crippen LogP) is 3.59. The molecule has 2 amide bonds. The molecule has 1 atom stereocenters. The number of nitrogens with zero attached hydrogens (tertiary/aromatic N) is 1. The zero-order valence-corrected chi connectivity index (χ0v) is 12.0. The Hall–Kier alpha value is -1.71. The number of rotatable bonds is 6. The molecule has 0 N–H and O–H groups in total. The van der Waals surface area contributed by atoms with Crippen LogP contribution in [0.5, 0.6) is 0 Å². The van der Waals surface area contributed by atoms with E-state index < -0.39 is 5.67 Å². The van der Waals surface area contributed by atoms with Gasteiger partial charge in [0.1, 0.15) is 5.67 Å². The van der Waals surface area contributed by atoms with Crippen molar-refractivity contribution in [2.24, 2.45) is 0 Å². The molecule has 3 nitrogen and oxygen atoms in total. The Morgan fingerprint density at radius 3 is 2.15 bits per heavy atom. The van der Waals surface area contributed by atoms with Crippen LogP contribution in [0.2, 0.25) is 0 Å². The Labute approximate surface area is 118 Å². The molecule has 0 saturated carbocycles. The Morgan fingerprint density at radius 2 is 1.65 bits per heavy atom. The number of unbranched alkanes of at least 4 members (excludes halogenated alkanes) is 1. The van der Waals surface area contributed by atoms with Crippen LogP contribution in [0.1, 0.15) is 60.2 Å². The van der Waals surface area contributed by atoms with Crippen molar-refractivity contribution in [1.82, 2.24) is 4.90 Å². The van der Waals surface area contributed by atoms with Crippen LogP contribution in [0.3, 0.4) is 0 Å². The van der Waals surface area contributed by atoms with E-state index >= 15 is 0 Å². The van der Waals surface area contributed by atoms with Crippen molar-refractivity contribution < 1.29 is 14.0 Å². The van der Waals surface area contributed by atoms with Crippen molar-refractivity contribution in [2.45, 2.75) is 45.2 Å². The van der Waals surface area contributed by atoms with Crippen LogP contribution >= 0.6 is 0 Å². The van der Waals surface area contributed by atoms with E-state index in [1.165, 1.54) is 0 Å². The number of carbonyl (C=O) groups is 2. The molecule has 0 fully saturated rings. The summed E-state index contributed by atoms with van der Waals surface area (Å²) in [5.74, 6) is -0.617. The van der Waals surface area contributed by atoms with Gasteiger partial charge in [0, 0.05) is 6.54 Å². The van der Waals surface area contributed by atoms with E-state index in [4.69, 9.17) is 0 Å². The fourth-order valence-electron chi connectivity index (χ4n) is 2.46. The second-order valence-electron chi connectivity index (χ2n) is 5.57. The third-order valence-corrected chi connectivity index (χ3v) is 3.79. The monoisotopic (exact) mass is 277 g/mol. The SMILES string of the molecule is CCCCC(C)(F)CCN1C(=O)c2ccccc2C1=O. The first-order valence-corrected chi connectivity index (χ1v) is 7.10. The standard InChI is InChI=1S/C16H20FNO2/c1-3-4-9-16(2,17)10-11-18-14(19)12-7-5-6-8-13(12)15(18)20/h5-8H,3-4,9-11H2,1-2H3. The highest BCUT2D eigenvalue weighted by Crippen LogP contribution is 2.27. The Bertz CT molecular complexity index is 490. The smallest absolute Gasteiger partial charge is 0.261 e. The molecule has 1 aromatic rings. The fraction of sp³-hybridized carbons (Fsp3) is 0.500. The van der Waals surface area contributed by atoms with E-state index in [1.54, 1.807) is 31.2 Å². The van der Waals surface area contributed by atoms with Gasteiger partial charge in [-0.25, -0.2) is 4.39 Å². The van der Waals surface area contributed by atoms with Crippen LogP contribution in [0.15, 0.2) is 24.3 Å². The molecule has 4 heteroatoms. The number of halogens is 1. The zero-order valence-electron chi connectivity index (χ0n) is 12.0. The molecule has 1 heterocycles. The number of carbonyl (C=O) groups excluding carboxylic acids is 2. The molecule has 1 aliphatic heterocycles. The van der Waals surface area contributed by atoms with Gasteiger partial charge in [-0.1, -0.05) is 31.9 Å². The van der Waals surface area contributed by atoms with Gasteiger partial charge in [-0.15, -0.1) is 0 Å². The first-order valence-electron chi connectivity index (χ1n) is 7.10. The molecule has 20 heavy (non-hydrogen) atoms. The summed E-state index contributed by atoms with van der Waals surface area (Å²) in [6, 6.07) is 6.74. The van der Waals surface area contributed by atoms with Gasteiger partial charge >= 0.3 is 0 Å². The largest absolute Gasteiger partial charge is 0.274 e. The highest BCUT2D eigenvalue weighted by molar-refractivity contribution is 6.21. The van der Waals surface area contributed by atoms with Crippen molar-refractivity contribution in [3.63, 3.8) is 0 Å². The van der Waals surface area contributed by atoms with Gasteiger partial charge in [-0.3, -0.25) is 14.5 Å². The molecule has 1 unspecified atom stereocenters. The van der Waals surface area contributed by atoms with Crippen molar-refractivity contribution in [2.75, 3.05) is 6.54 Å². The maximum atomic E-state index is 14.3. The highest BCUT2D eigenvalue weighted by Gasteiger charge is 2.36. The molecule has 0 radical (unpaired) electrons. The summed E-state index contributed by atoms with van der Waals surface area (Å²) in [4.78, 5) is 25.4. The summed E-state index contributed by atoms with van der Waals surface area (Å²) in [5.41, 5.74) is -0.482. The van der Waals surface area contributed by atoms with Gasteiger partial charge in [0.15, 0.2) is 0 Å². The number of benzene rings is 1. The number of alkyl halides is 1. The molecule has 1 aromatic carbocycles. The lowest BCUT2D eigenvalue weighted by atomic mass is 9.97. The summed E-state index contributed by atoms with van der Waals surface area (Å²) >= 11 is 0. The maximum absolute atomic E-state index is 14.3. The Balaban J connectivity index is 2.02. The lowest BCUT2D eigenvalue weighted by molar-refractivity contribution is 0.0610. The van der Waals surface area contributed by atoms with Crippen LogP contribution in [-0.4, -0.2) is 28.9 Å². The molecule has 1 aliphatic rings. The van der Waals surface area contributed by atoms with Crippen LogP contribution < -0.4 is 0 Å². The van der Waals surface area contributed by atoms with Crippen LogP contribution in [-0.2, 0) is 0 Å². The zero-order chi connectivity index (χ0) is 14.8. The van der Waals surface area contributed by atoms with E-state index in [0.29, 0.717) is 17.5 Å². The van der Waals surface area contributed by atoms with Crippen LogP contribution in [0.4, 0.5) is 4.39 Å². The topological polar surface area (TPSA) is 37.4 Å². The minimum absolute atomic E-state index is 0.142. The predicted molar refractivity (Wildman–Crippen MR) is 75.5 cm³/mol. The highest BCUT2D eigenvalue weighted by atomic mass is 19.1. The van der Waals surface area contributed by atoms with Gasteiger partial charge < -0.3 is 0 Å². The lowest BCUT2D eigenvalue weighted by Crippen LogP contribution is -2.34. The molecule has 0 spiro atoms. The van der Waals surface area contributed by atoms with Crippen LogP contribution in [0.25, 0.3) is 0 Å². The normalized spacial score (nSPS) is 17.2. The van der Waals surface area contributed by atoms with Gasteiger partial charge in [0.25, 0.3) is 11.8 Å². The molecule has 0 aliphatic carbocycles. The van der Waals surface area contributed by atoms with Crippen molar-refractivity contribution in [1.29, 1.82) is 0 Å². The molecular formula is C16H20FNO2. The summed E-state index contributed by atoms with van der Waals surface area (Å²) in [6.45, 7) is 3.70. The first kappa shape index (κ1) is 14.7. The minimum atomic E-state index is -1.33. The average molecular weight is 277 g/mol. The number of fused-ring (bicyclic) bond motifs is 1. The summed E-state index contributed by atoms with van der Waals surface area (Å²) in [6.07, 6.45) is 2.41. The fourth-order valence-corrected chi connectivity index (χ4v) is 2.46. The molecule has 0 bridgehead atoms. The van der Waals surface area contributed by atoms with Crippen LogP contribution in [0, 0.1) is 0 Å². The third-order valence-electron chi connectivity index (χ3n) is 3.79. The molecule has 2 rings (SSSR count). The lowest BCUT2D eigenvalue weighted by Gasteiger charge is -2.23. The van der Waals surface area contributed by atoms with E-state index in [1.807, 2.05) is 6.92 Å². The first-order chi connectivity index (χ1) is 9.46. The van der Waals surface area contributed by atoms with Gasteiger partial charge in [-0.2, -0.15) is 0 Å². The Morgan fingerprint density at radius 1 is 1.10 bits per heavy atom. The van der Waals surface area contributed by atoms with Gasteiger partial charge in [-0.05, 0) is 31.9 Å². The van der Waals surface area contributed by atoms with Crippen molar-refractivity contribution >= 4 is 11.8 Å². The molecule has 108 valence electrons. The average Bonchev–Trinajstić information content (AvgIpc) is 2.67. The molecule has 0 aromatic heterocycles. The second kappa shape index (κ2) is 5.73. The second-order valence-corrected chi connectivity index (χ2v) is 5.57. The van der Waals surface area contributed by atoms with Gasteiger partial charge in [0.05, 0.1) is 11.1 Å². The van der Waals surface area contributed by atoms with Gasteiger partial charge in [0.2, 0.25) is 0 Å². The summed E-state index contributed by atoms with van der Waals surface area (Å²) in [7, 11) is 0. The third kappa shape index (κ3) is 2.89. The molecular weight excluding hydrogens is 257 g/mol. The van der Waals surface area contributed by atoms with E-state index in [-0.39, 0.29) is 24.8 Å². The number of imide groups is 1. The minimum Gasteiger partial charge on any atom is -0.274 e.